The van der Waals surface area contributed by atoms with Crippen LogP contribution in [0.1, 0.15) is 15.9 Å². The highest BCUT2D eigenvalue weighted by Crippen LogP contribution is 2.31. The number of nitrogens with one attached hydrogen (secondary N) is 1. The van der Waals surface area contributed by atoms with Crippen LogP contribution in [-0.2, 0) is 0 Å². The van der Waals surface area contributed by atoms with Crippen molar-refractivity contribution in [2.24, 2.45) is 5.10 Å². The van der Waals surface area contributed by atoms with Crippen molar-refractivity contribution < 1.29 is 19.6 Å². The van der Waals surface area contributed by atoms with Crippen LogP contribution in [0.3, 0.4) is 0 Å². The van der Waals surface area contributed by atoms with Crippen molar-refractivity contribution in [2.75, 3.05) is 7.11 Å². The van der Waals surface area contributed by atoms with Gasteiger partial charge in [0.1, 0.15) is 11.5 Å². The molecule has 0 aromatic heterocycles. The molecule has 0 aliphatic rings. The predicted molar refractivity (Wildman–Crippen MR) is 90.5 cm³/mol. The third kappa shape index (κ3) is 4.07. The summed E-state index contributed by atoms with van der Waals surface area (Å²) in [5.41, 5.74) is 2.72. The fourth-order valence-corrected chi connectivity index (χ4v) is 2.22. The van der Waals surface area contributed by atoms with E-state index in [9.17, 15) is 20.0 Å². The Morgan fingerprint density at radius 3 is 2.62 bits per heavy atom. The summed E-state index contributed by atoms with van der Waals surface area (Å²) in [6.07, 6.45) is 1.26. The van der Waals surface area contributed by atoms with Crippen LogP contribution in [0.2, 0.25) is 0 Å². The van der Waals surface area contributed by atoms with Gasteiger partial charge in [0.05, 0.1) is 22.7 Å². The van der Waals surface area contributed by atoms with Gasteiger partial charge in [0.15, 0.2) is 0 Å². The van der Waals surface area contributed by atoms with Crippen LogP contribution in [0.5, 0.6) is 11.5 Å². The van der Waals surface area contributed by atoms with Crippen molar-refractivity contribution in [1.82, 2.24) is 5.43 Å². The number of methoxy groups -OCH3 is 1. The zero-order valence-corrected chi connectivity index (χ0v) is 14.0. The summed E-state index contributed by atoms with van der Waals surface area (Å²) in [5, 5.41) is 24.2. The van der Waals surface area contributed by atoms with Gasteiger partial charge in [-0.3, -0.25) is 14.9 Å². The molecule has 2 aromatic carbocycles. The highest BCUT2D eigenvalue weighted by atomic mass is 79.9. The summed E-state index contributed by atoms with van der Waals surface area (Å²) in [7, 11) is 1.48. The van der Waals surface area contributed by atoms with Gasteiger partial charge < -0.3 is 9.84 Å². The average molecular weight is 394 g/mol. The first-order chi connectivity index (χ1) is 11.4. The maximum atomic E-state index is 11.9. The Morgan fingerprint density at radius 1 is 1.38 bits per heavy atom. The number of carbonyl (C=O) groups excluding carboxylic acids is 1. The molecule has 24 heavy (non-hydrogen) atoms. The largest absolute Gasteiger partial charge is 0.506 e. The quantitative estimate of drug-likeness (QED) is 0.460. The second-order valence-electron chi connectivity index (χ2n) is 4.55. The highest BCUT2D eigenvalue weighted by Gasteiger charge is 2.09. The van der Waals surface area contributed by atoms with Gasteiger partial charge in [-0.15, -0.1) is 0 Å². The number of aromatic hydroxyl groups is 1. The second-order valence-corrected chi connectivity index (χ2v) is 5.40. The van der Waals surface area contributed by atoms with Gasteiger partial charge in [0, 0.05) is 23.3 Å². The normalized spacial score (nSPS) is 10.6. The molecule has 0 saturated carbocycles. The monoisotopic (exact) mass is 393 g/mol. The minimum absolute atomic E-state index is 0.0517. The van der Waals surface area contributed by atoms with Crippen molar-refractivity contribution in [3.8, 4) is 11.5 Å². The maximum absolute atomic E-state index is 11.9. The Labute approximate surface area is 145 Å². The number of ether oxygens (including phenoxy) is 1. The Morgan fingerprint density at radius 2 is 2.04 bits per heavy atom. The van der Waals surface area contributed by atoms with E-state index < -0.39 is 10.8 Å². The molecule has 9 heteroatoms. The number of phenolic OH excluding ortho intramolecular Hbond substituents is 1. The first kappa shape index (κ1) is 17.4. The molecule has 0 spiro atoms. The first-order valence-electron chi connectivity index (χ1n) is 6.56. The van der Waals surface area contributed by atoms with Crippen LogP contribution in [-0.4, -0.2) is 29.3 Å². The van der Waals surface area contributed by atoms with Crippen molar-refractivity contribution in [3.63, 3.8) is 0 Å². The van der Waals surface area contributed by atoms with Gasteiger partial charge >= 0.3 is 0 Å². The number of hydrogen-bond acceptors (Lipinski definition) is 6. The lowest BCUT2D eigenvalue weighted by molar-refractivity contribution is -0.384. The van der Waals surface area contributed by atoms with Gasteiger partial charge in [0.25, 0.3) is 11.6 Å². The van der Waals surface area contributed by atoms with Crippen molar-refractivity contribution in [2.45, 2.75) is 0 Å². The topological polar surface area (TPSA) is 114 Å². The lowest BCUT2D eigenvalue weighted by atomic mass is 10.2. The minimum Gasteiger partial charge on any atom is -0.506 e. The summed E-state index contributed by atoms with van der Waals surface area (Å²) >= 11 is 3.18. The molecule has 2 N–H and O–H groups in total. The third-order valence-electron chi connectivity index (χ3n) is 3.01. The zero-order chi connectivity index (χ0) is 17.7. The Hall–Kier alpha value is -2.94. The van der Waals surface area contributed by atoms with Crippen LogP contribution < -0.4 is 10.2 Å². The van der Waals surface area contributed by atoms with E-state index in [1.54, 1.807) is 12.1 Å². The molecule has 0 bridgehead atoms. The standard InChI is InChI=1S/C15H12BrN3O5/c1-24-12-6-10(14(20)13(16)7-12)8-17-18-15(21)9-2-4-11(5-3-9)19(22)23/h2-8,20H,1H3,(H,18,21)/b17-8-. The number of non-ortho nitro benzene ring substituents is 1. The molecular formula is C15H12BrN3O5. The minimum atomic E-state index is -0.552. The van der Waals surface area contributed by atoms with E-state index >= 15 is 0 Å². The van der Waals surface area contributed by atoms with Crippen molar-refractivity contribution in [1.29, 1.82) is 0 Å². The van der Waals surface area contributed by atoms with Crippen molar-refractivity contribution >= 4 is 33.7 Å². The van der Waals surface area contributed by atoms with E-state index in [2.05, 4.69) is 26.5 Å². The zero-order valence-electron chi connectivity index (χ0n) is 12.4. The number of rotatable bonds is 5. The third-order valence-corrected chi connectivity index (χ3v) is 3.62. The van der Waals surface area contributed by atoms with E-state index in [4.69, 9.17) is 4.74 Å². The summed E-state index contributed by atoms with van der Waals surface area (Å²) in [6.45, 7) is 0. The van der Waals surface area contributed by atoms with Crippen LogP contribution >= 0.6 is 15.9 Å². The van der Waals surface area contributed by atoms with Crippen LogP contribution in [0.15, 0.2) is 46.0 Å². The molecule has 124 valence electrons. The molecule has 0 aliphatic carbocycles. The number of benzene rings is 2. The number of carbonyl (C=O) groups is 1. The number of halogens is 1. The first-order valence-corrected chi connectivity index (χ1v) is 7.36. The van der Waals surface area contributed by atoms with Gasteiger partial charge in [0.2, 0.25) is 0 Å². The van der Waals surface area contributed by atoms with Crippen molar-refractivity contribution in [3.05, 3.63) is 62.1 Å². The van der Waals surface area contributed by atoms with Crippen LogP contribution in [0.4, 0.5) is 5.69 Å². The van der Waals surface area contributed by atoms with E-state index in [0.29, 0.717) is 15.8 Å². The van der Waals surface area contributed by atoms with Gasteiger partial charge in [-0.2, -0.15) is 5.10 Å². The maximum Gasteiger partial charge on any atom is 0.271 e. The SMILES string of the molecule is COc1cc(Br)c(O)c(/C=N\NC(=O)c2ccc([N+](=O)[O-])cc2)c1. The number of nitro benzene ring substituents is 1. The fourth-order valence-electron chi connectivity index (χ4n) is 1.77. The molecular weight excluding hydrogens is 382 g/mol. The summed E-state index contributed by atoms with van der Waals surface area (Å²) in [4.78, 5) is 21.9. The average Bonchev–Trinajstić information content (AvgIpc) is 2.58. The van der Waals surface area contributed by atoms with E-state index in [1.807, 2.05) is 0 Å². The lowest BCUT2D eigenvalue weighted by Crippen LogP contribution is -2.17. The molecule has 0 heterocycles. The molecule has 2 rings (SSSR count). The second kappa shape index (κ2) is 7.55. The Kier molecular flexibility index (Phi) is 5.48. The lowest BCUT2D eigenvalue weighted by Gasteiger charge is -2.06. The molecule has 0 aliphatic heterocycles. The van der Waals surface area contributed by atoms with E-state index in [0.717, 1.165) is 0 Å². The molecule has 2 aromatic rings. The fraction of sp³-hybridized carbons (Fsp3) is 0.0667. The Bertz CT molecular complexity index is 806. The van der Waals surface area contributed by atoms with Gasteiger partial charge in [-0.05, 0) is 40.2 Å². The number of nitrogens with zero attached hydrogens (tertiary/aromatic N) is 2. The van der Waals surface area contributed by atoms with Gasteiger partial charge in [-0.25, -0.2) is 5.43 Å². The molecule has 1 amide bonds. The number of hydrogen-bond donors (Lipinski definition) is 2. The highest BCUT2D eigenvalue weighted by molar-refractivity contribution is 9.10. The molecule has 0 radical (unpaired) electrons. The summed E-state index contributed by atoms with van der Waals surface area (Å²) in [6, 6.07) is 8.22. The van der Waals surface area contributed by atoms with Crippen LogP contribution in [0, 0.1) is 10.1 Å². The summed E-state index contributed by atoms with van der Waals surface area (Å²) in [5.74, 6) is -0.0884. The number of hydrazone groups is 1. The van der Waals surface area contributed by atoms with E-state index in [-0.39, 0.29) is 17.0 Å². The Balaban J connectivity index is 2.10. The number of nitro groups is 1. The van der Waals surface area contributed by atoms with Crippen LogP contribution in [0.25, 0.3) is 0 Å². The van der Waals surface area contributed by atoms with E-state index in [1.165, 1.54) is 37.6 Å². The molecule has 0 saturated heterocycles. The molecule has 0 fully saturated rings. The molecule has 0 atom stereocenters. The number of amides is 1. The number of phenols is 1. The summed E-state index contributed by atoms with van der Waals surface area (Å²) < 4.78 is 5.49. The predicted octanol–water partition coefficient (Wildman–Crippen LogP) is 2.84. The molecule has 0 unspecified atom stereocenters. The molecule has 8 nitrogen and oxygen atoms in total. The smallest absolute Gasteiger partial charge is 0.271 e. The van der Waals surface area contributed by atoms with Gasteiger partial charge in [-0.1, -0.05) is 0 Å².